The van der Waals surface area contributed by atoms with Crippen LogP contribution in [0.2, 0.25) is 5.02 Å². The van der Waals surface area contributed by atoms with Crippen LogP contribution in [0, 0.1) is 12.7 Å². The van der Waals surface area contributed by atoms with Crippen molar-refractivity contribution in [3.63, 3.8) is 0 Å². The number of esters is 1. The summed E-state index contributed by atoms with van der Waals surface area (Å²) in [6.07, 6.45) is 1.87. The van der Waals surface area contributed by atoms with Crippen LogP contribution in [-0.2, 0) is 20.7 Å². The van der Waals surface area contributed by atoms with Gasteiger partial charge in [-0.25, -0.2) is 9.37 Å². The number of nitrogens with zero attached hydrogens (tertiary/aromatic N) is 1. The third-order valence-electron chi connectivity index (χ3n) is 4.00. The number of anilines is 1. The van der Waals surface area contributed by atoms with Crippen molar-refractivity contribution in [1.82, 2.24) is 4.98 Å². The van der Waals surface area contributed by atoms with Crippen LogP contribution < -0.4 is 5.32 Å². The van der Waals surface area contributed by atoms with Crippen LogP contribution >= 0.6 is 11.6 Å². The number of benzene rings is 2. The molecular formula is C21H18ClFN2O4. The molecule has 1 amide bonds. The zero-order valence-electron chi connectivity index (χ0n) is 15.6. The number of nitrogens with one attached hydrogen (secondary N) is 1. The SMILES string of the molecule is Cc1ccc(-c2cnc(CCC(=O)OCC(=O)Nc3ccc(F)c(Cl)c3)o2)cc1. The van der Waals surface area contributed by atoms with Gasteiger partial charge in [0.15, 0.2) is 18.3 Å². The van der Waals surface area contributed by atoms with Crippen molar-refractivity contribution in [2.45, 2.75) is 19.8 Å². The third-order valence-corrected chi connectivity index (χ3v) is 4.29. The van der Waals surface area contributed by atoms with E-state index in [0.29, 0.717) is 17.3 Å². The molecule has 0 fully saturated rings. The molecule has 0 aliphatic rings. The summed E-state index contributed by atoms with van der Waals surface area (Å²) in [5.41, 5.74) is 2.35. The first kappa shape index (κ1) is 20.5. The van der Waals surface area contributed by atoms with Crippen molar-refractivity contribution in [3.05, 3.63) is 71.0 Å². The minimum absolute atomic E-state index is 0.0174. The van der Waals surface area contributed by atoms with Crippen LogP contribution in [0.1, 0.15) is 17.9 Å². The van der Waals surface area contributed by atoms with Gasteiger partial charge in [0, 0.05) is 17.7 Å². The van der Waals surface area contributed by atoms with Crippen molar-refractivity contribution in [2.75, 3.05) is 11.9 Å². The Morgan fingerprint density at radius 2 is 1.97 bits per heavy atom. The molecule has 0 atom stereocenters. The van der Waals surface area contributed by atoms with Crippen LogP contribution in [0.4, 0.5) is 10.1 Å². The molecule has 3 aromatic rings. The van der Waals surface area contributed by atoms with Gasteiger partial charge >= 0.3 is 5.97 Å². The number of amides is 1. The van der Waals surface area contributed by atoms with Crippen LogP contribution in [0.25, 0.3) is 11.3 Å². The van der Waals surface area contributed by atoms with E-state index in [1.807, 2.05) is 31.2 Å². The fraction of sp³-hybridized carbons (Fsp3) is 0.190. The van der Waals surface area contributed by atoms with Gasteiger partial charge in [0.1, 0.15) is 5.82 Å². The van der Waals surface area contributed by atoms with Crippen LogP contribution in [0.3, 0.4) is 0 Å². The highest BCUT2D eigenvalue weighted by molar-refractivity contribution is 6.31. The number of carbonyl (C=O) groups is 2. The van der Waals surface area contributed by atoms with Gasteiger partial charge in [0.05, 0.1) is 17.6 Å². The van der Waals surface area contributed by atoms with E-state index in [2.05, 4.69) is 10.3 Å². The van der Waals surface area contributed by atoms with Gasteiger partial charge < -0.3 is 14.5 Å². The first-order valence-electron chi connectivity index (χ1n) is 8.83. The van der Waals surface area contributed by atoms with E-state index >= 15 is 0 Å². The first-order valence-corrected chi connectivity index (χ1v) is 9.21. The first-order chi connectivity index (χ1) is 13.9. The number of hydrogen-bond donors (Lipinski definition) is 1. The summed E-state index contributed by atoms with van der Waals surface area (Å²) in [5.74, 6) is -0.687. The molecule has 0 saturated carbocycles. The number of ether oxygens (including phenoxy) is 1. The lowest BCUT2D eigenvalue weighted by molar-refractivity contribution is -0.147. The lowest BCUT2D eigenvalue weighted by Gasteiger charge is -2.07. The van der Waals surface area contributed by atoms with Gasteiger partial charge in [-0.2, -0.15) is 0 Å². The second-order valence-electron chi connectivity index (χ2n) is 6.32. The predicted molar refractivity (Wildman–Crippen MR) is 106 cm³/mol. The highest BCUT2D eigenvalue weighted by Crippen LogP contribution is 2.21. The second-order valence-corrected chi connectivity index (χ2v) is 6.73. The molecular weight excluding hydrogens is 399 g/mol. The number of rotatable bonds is 7. The van der Waals surface area contributed by atoms with E-state index in [4.69, 9.17) is 20.8 Å². The van der Waals surface area contributed by atoms with E-state index in [9.17, 15) is 14.0 Å². The monoisotopic (exact) mass is 416 g/mol. The highest BCUT2D eigenvalue weighted by atomic mass is 35.5. The molecule has 6 nitrogen and oxygen atoms in total. The van der Waals surface area contributed by atoms with Gasteiger partial charge in [-0.1, -0.05) is 41.4 Å². The molecule has 8 heteroatoms. The third kappa shape index (κ3) is 5.89. The summed E-state index contributed by atoms with van der Waals surface area (Å²) in [6, 6.07) is 11.6. The van der Waals surface area contributed by atoms with Crippen molar-refractivity contribution in [1.29, 1.82) is 0 Å². The molecule has 0 radical (unpaired) electrons. The Morgan fingerprint density at radius 1 is 1.21 bits per heavy atom. The van der Waals surface area contributed by atoms with Crippen molar-refractivity contribution in [2.24, 2.45) is 0 Å². The van der Waals surface area contributed by atoms with Crippen LogP contribution in [-0.4, -0.2) is 23.5 Å². The van der Waals surface area contributed by atoms with Crippen molar-refractivity contribution < 1.29 is 23.1 Å². The summed E-state index contributed by atoms with van der Waals surface area (Å²) in [7, 11) is 0. The van der Waals surface area contributed by atoms with E-state index in [1.54, 1.807) is 6.20 Å². The zero-order chi connectivity index (χ0) is 20.8. The standard InChI is InChI=1S/C21H18ClFN2O4/c1-13-2-4-14(5-3-13)18-11-24-20(29-18)8-9-21(27)28-12-19(26)25-15-6-7-17(23)16(22)10-15/h2-7,10-11H,8-9,12H2,1H3,(H,25,26). The molecule has 0 aliphatic heterocycles. The van der Waals surface area contributed by atoms with E-state index in [-0.39, 0.29) is 17.9 Å². The minimum Gasteiger partial charge on any atom is -0.456 e. The van der Waals surface area contributed by atoms with Crippen LogP contribution in [0.5, 0.6) is 0 Å². The molecule has 1 aromatic heterocycles. The summed E-state index contributed by atoms with van der Waals surface area (Å²) in [6.45, 7) is 1.53. The Balaban J connectivity index is 1.43. The van der Waals surface area contributed by atoms with Gasteiger partial charge in [-0.05, 0) is 25.1 Å². The Hall–Kier alpha value is -3.19. The maximum Gasteiger partial charge on any atom is 0.306 e. The topological polar surface area (TPSA) is 81.4 Å². The molecule has 0 aliphatic carbocycles. The Bertz CT molecular complexity index is 1020. The molecule has 0 unspecified atom stereocenters. The maximum absolute atomic E-state index is 13.1. The summed E-state index contributed by atoms with van der Waals surface area (Å²) >= 11 is 5.65. The number of oxazole rings is 1. The molecule has 150 valence electrons. The molecule has 1 N–H and O–H groups in total. The smallest absolute Gasteiger partial charge is 0.306 e. The number of halogens is 2. The van der Waals surface area contributed by atoms with Gasteiger partial charge in [-0.15, -0.1) is 0 Å². The normalized spacial score (nSPS) is 10.6. The Kier molecular flexibility index (Phi) is 6.61. The molecule has 0 bridgehead atoms. The highest BCUT2D eigenvalue weighted by Gasteiger charge is 2.12. The summed E-state index contributed by atoms with van der Waals surface area (Å²) < 4.78 is 23.7. The fourth-order valence-electron chi connectivity index (χ4n) is 2.48. The summed E-state index contributed by atoms with van der Waals surface area (Å²) in [4.78, 5) is 27.8. The van der Waals surface area contributed by atoms with Crippen molar-refractivity contribution >= 4 is 29.2 Å². The summed E-state index contributed by atoms with van der Waals surface area (Å²) in [5, 5.41) is 2.35. The molecule has 2 aromatic carbocycles. The lowest BCUT2D eigenvalue weighted by atomic mass is 10.1. The maximum atomic E-state index is 13.1. The largest absolute Gasteiger partial charge is 0.456 e. The molecule has 1 heterocycles. The van der Waals surface area contributed by atoms with Crippen molar-refractivity contribution in [3.8, 4) is 11.3 Å². The quantitative estimate of drug-likeness (QED) is 0.571. The Morgan fingerprint density at radius 3 is 2.69 bits per heavy atom. The molecule has 29 heavy (non-hydrogen) atoms. The number of aryl methyl sites for hydroxylation is 2. The van der Waals surface area contributed by atoms with E-state index in [1.165, 1.54) is 12.1 Å². The number of carbonyl (C=O) groups excluding carboxylic acids is 2. The van der Waals surface area contributed by atoms with Gasteiger partial charge in [-0.3, -0.25) is 9.59 Å². The average molecular weight is 417 g/mol. The lowest BCUT2D eigenvalue weighted by Crippen LogP contribution is -2.21. The molecule has 0 spiro atoms. The zero-order valence-corrected chi connectivity index (χ0v) is 16.3. The van der Waals surface area contributed by atoms with E-state index < -0.39 is 24.3 Å². The van der Waals surface area contributed by atoms with Gasteiger partial charge in [0.2, 0.25) is 0 Å². The number of hydrogen-bond acceptors (Lipinski definition) is 5. The Labute approximate surface area is 171 Å². The average Bonchev–Trinajstić information content (AvgIpc) is 3.17. The number of aromatic nitrogens is 1. The van der Waals surface area contributed by atoms with Crippen LogP contribution in [0.15, 0.2) is 53.1 Å². The second kappa shape index (κ2) is 9.34. The fourth-order valence-corrected chi connectivity index (χ4v) is 2.66. The minimum atomic E-state index is -0.590. The molecule has 3 rings (SSSR count). The van der Waals surface area contributed by atoms with E-state index in [0.717, 1.165) is 17.2 Å². The predicted octanol–water partition coefficient (Wildman–Crippen LogP) is 4.56. The van der Waals surface area contributed by atoms with Gasteiger partial charge in [0.25, 0.3) is 5.91 Å². The molecule has 0 saturated heterocycles.